The molecule has 0 saturated carbocycles. The van der Waals surface area contributed by atoms with Gasteiger partial charge in [0, 0.05) is 16.5 Å². The average molecular weight is 228 g/mol. The molecule has 0 amide bonds. The van der Waals surface area contributed by atoms with Crippen LogP contribution < -0.4 is 4.74 Å². The second-order valence-corrected chi connectivity index (χ2v) is 4.86. The van der Waals surface area contributed by atoms with E-state index in [2.05, 4.69) is 13.8 Å². The number of rotatable bonds is 0. The Kier molecular flexibility index (Phi) is 2.02. The molecule has 0 aromatic heterocycles. The summed E-state index contributed by atoms with van der Waals surface area (Å²) in [7, 11) is 0. The highest BCUT2D eigenvalue weighted by Crippen LogP contribution is 2.47. The predicted octanol–water partition coefficient (Wildman–Crippen LogP) is 4.26. The Bertz CT molecular complexity index is 587. The summed E-state index contributed by atoms with van der Waals surface area (Å²) in [6, 6.07) is 12.6. The fraction of sp³-hybridized carbons (Fsp3) is 0.200. The van der Waals surface area contributed by atoms with Crippen LogP contribution in [0, 0.1) is 5.82 Å². The van der Waals surface area contributed by atoms with E-state index in [1.807, 2.05) is 24.3 Å². The Hall–Kier alpha value is -1.83. The lowest BCUT2D eigenvalue weighted by molar-refractivity contribution is 0.415. The minimum absolute atomic E-state index is 0.222. The van der Waals surface area contributed by atoms with Crippen LogP contribution in [0.4, 0.5) is 4.39 Å². The fourth-order valence-electron chi connectivity index (χ4n) is 2.42. The highest BCUT2D eigenvalue weighted by molar-refractivity contribution is 5.56. The van der Waals surface area contributed by atoms with E-state index < -0.39 is 0 Å². The first-order valence-corrected chi connectivity index (χ1v) is 5.66. The lowest BCUT2D eigenvalue weighted by Crippen LogP contribution is -2.24. The molecule has 0 N–H and O–H groups in total. The minimum Gasteiger partial charge on any atom is -0.457 e. The third kappa shape index (κ3) is 1.44. The Morgan fingerprint density at radius 2 is 1.65 bits per heavy atom. The van der Waals surface area contributed by atoms with Crippen LogP contribution in [0.5, 0.6) is 11.5 Å². The maximum absolute atomic E-state index is 13.4. The van der Waals surface area contributed by atoms with E-state index in [0.29, 0.717) is 0 Å². The third-order valence-corrected chi connectivity index (χ3v) is 3.40. The summed E-state index contributed by atoms with van der Waals surface area (Å²) in [6.45, 7) is 4.18. The van der Waals surface area contributed by atoms with Crippen molar-refractivity contribution >= 4 is 0 Å². The Morgan fingerprint density at radius 3 is 2.47 bits per heavy atom. The molecule has 2 heteroatoms. The van der Waals surface area contributed by atoms with Crippen LogP contribution in [0.3, 0.4) is 0 Å². The van der Waals surface area contributed by atoms with Crippen LogP contribution in [0.2, 0.25) is 0 Å². The van der Waals surface area contributed by atoms with Gasteiger partial charge < -0.3 is 4.74 Å². The Balaban J connectivity index is 2.27. The van der Waals surface area contributed by atoms with Crippen LogP contribution in [0.1, 0.15) is 25.0 Å². The monoisotopic (exact) mass is 228 g/mol. The fourth-order valence-corrected chi connectivity index (χ4v) is 2.42. The normalized spacial score (nSPS) is 15.7. The molecule has 1 heterocycles. The lowest BCUT2D eigenvalue weighted by atomic mass is 9.76. The van der Waals surface area contributed by atoms with Crippen molar-refractivity contribution in [2.24, 2.45) is 0 Å². The summed E-state index contributed by atoms with van der Waals surface area (Å²) >= 11 is 0. The molecular weight excluding hydrogens is 215 g/mol. The van der Waals surface area contributed by atoms with Crippen molar-refractivity contribution in [3.05, 3.63) is 59.4 Å². The maximum atomic E-state index is 13.4. The summed E-state index contributed by atoms with van der Waals surface area (Å²) in [6.07, 6.45) is 0. The van der Waals surface area contributed by atoms with Gasteiger partial charge in [0.05, 0.1) is 0 Å². The molecule has 0 fully saturated rings. The standard InChI is InChI=1S/C15H13FO/c1-15(2)11-5-3-4-6-13(11)17-14-8-7-10(16)9-12(14)15/h3-9H,1-2H3. The van der Waals surface area contributed by atoms with E-state index in [4.69, 9.17) is 4.74 Å². The molecule has 0 saturated heterocycles. The van der Waals surface area contributed by atoms with Crippen LogP contribution >= 0.6 is 0 Å². The van der Waals surface area contributed by atoms with Crippen molar-refractivity contribution < 1.29 is 9.13 Å². The largest absolute Gasteiger partial charge is 0.457 e. The Labute approximate surface area is 99.9 Å². The molecule has 2 aromatic rings. The molecule has 0 atom stereocenters. The second kappa shape index (κ2) is 3.33. The van der Waals surface area contributed by atoms with E-state index >= 15 is 0 Å². The van der Waals surface area contributed by atoms with Gasteiger partial charge in [-0.1, -0.05) is 32.0 Å². The van der Waals surface area contributed by atoms with E-state index in [1.54, 1.807) is 12.1 Å². The average Bonchev–Trinajstić information content (AvgIpc) is 2.31. The number of halogens is 1. The SMILES string of the molecule is CC1(C)c2ccccc2Oc2ccc(F)cc21. The zero-order chi connectivity index (χ0) is 12.0. The summed E-state index contributed by atoms with van der Waals surface area (Å²) < 4.78 is 19.2. The Morgan fingerprint density at radius 1 is 0.941 bits per heavy atom. The first kappa shape index (κ1) is 10.3. The zero-order valence-electron chi connectivity index (χ0n) is 9.83. The number of ether oxygens (including phenoxy) is 1. The van der Waals surface area contributed by atoms with Crippen molar-refractivity contribution in [2.45, 2.75) is 19.3 Å². The number of benzene rings is 2. The number of hydrogen-bond acceptors (Lipinski definition) is 1. The molecule has 0 bridgehead atoms. The van der Waals surface area contributed by atoms with Crippen LogP contribution in [-0.4, -0.2) is 0 Å². The molecule has 86 valence electrons. The molecule has 0 spiro atoms. The smallest absolute Gasteiger partial charge is 0.131 e. The van der Waals surface area contributed by atoms with Gasteiger partial charge in [0.1, 0.15) is 17.3 Å². The number of hydrogen-bond donors (Lipinski definition) is 0. The van der Waals surface area contributed by atoms with Crippen LogP contribution in [0.25, 0.3) is 0 Å². The van der Waals surface area contributed by atoms with Gasteiger partial charge in [0.25, 0.3) is 0 Å². The molecule has 2 aromatic carbocycles. The minimum atomic E-state index is -0.230. The van der Waals surface area contributed by atoms with Crippen molar-refractivity contribution in [3.63, 3.8) is 0 Å². The quantitative estimate of drug-likeness (QED) is 0.654. The van der Waals surface area contributed by atoms with Crippen molar-refractivity contribution in [1.82, 2.24) is 0 Å². The van der Waals surface area contributed by atoms with Crippen LogP contribution in [0.15, 0.2) is 42.5 Å². The van der Waals surface area contributed by atoms with Gasteiger partial charge >= 0.3 is 0 Å². The van der Waals surface area contributed by atoms with Gasteiger partial charge in [-0.25, -0.2) is 4.39 Å². The summed E-state index contributed by atoms with van der Waals surface area (Å²) in [5.41, 5.74) is 1.76. The summed E-state index contributed by atoms with van der Waals surface area (Å²) in [5.74, 6) is 1.38. The number of para-hydroxylation sites is 1. The topological polar surface area (TPSA) is 9.23 Å². The molecule has 3 rings (SSSR count). The van der Waals surface area contributed by atoms with Gasteiger partial charge in [-0.3, -0.25) is 0 Å². The van der Waals surface area contributed by atoms with Crippen molar-refractivity contribution in [3.8, 4) is 11.5 Å². The van der Waals surface area contributed by atoms with E-state index in [0.717, 1.165) is 22.6 Å². The van der Waals surface area contributed by atoms with E-state index in [9.17, 15) is 4.39 Å². The zero-order valence-corrected chi connectivity index (χ0v) is 9.83. The molecule has 0 radical (unpaired) electrons. The molecule has 1 aliphatic rings. The van der Waals surface area contributed by atoms with E-state index in [1.165, 1.54) is 6.07 Å². The van der Waals surface area contributed by atoms with Crippen molar-refractivity contribution in [2.75, 3.05) is 0 Å². The third-order valence-electron chi connectivity index (χ3n) is 3.40. The highest BCUT2D eigenvalue weighted by atomic mass is 19.1. The number of fused-ring (bicyclic) bond motifs is 2. The summed E-state index contributed by atoms with van der Waals surface area (Å²) in [5, 5.41) is 0. The van der Waals surface area contributed by atoms with Crippen molar-refractivity contribution in [1.29, 1.82) is 0 Å². The molecule has 0 unspecified atom stereocenters. The van der Waals surface area contributed by atoms with Gasteiger partial charge in [-0.2, -0.15) is 0 Å². The lowest BCUT2D eigenvalue weighted by Gasteiger charge is -2.34. The van der Waals surface area contributed by atoms with Gasteiger partial charge in [0.2, 0.25) is 0 Å². The predicted molar refractivity (Wildman–Crippen MR) is 65.0 cm³/mol. The first-order chi connectivity index (χ1) is 8.09. The van der Waals surface area contributed by atoms with Gasteiger partial charge in [-0.15, -0.1) is 0 Å². The molecule has 1 aliphatic heterocycles. The highest BCUT2D eigenvalue weighted by Gasteiger charge is 2.33. The first-order valence-electron chi connectivity index (χ1n) is 5.66. The second-order valence-electron chi connectivity index (χ2n) is 4.86. The van der Waals surface area contributed by atoms with Gasteiger partial charge in [0.15, 0.2) is 0 Å². The molecular formula is C15H13FO. The molecule has 0 aliphatic carbocycles. The van der Waals surface area contributed by atoms with E-state index in [-0.39, 0.29) is 11.2 Å². The van der Waals surface area contributed by atoms with Gasteiger partial charge in [-0.05, 0) is 24.3 Å². The molecule has 17 heavy (non-hydrogen) atoms. The maximum Gasteiger partial charge on any atom is 0.131 e. The molecule has 1 nitrogen and oxygen atoms in total. The van der Waals surface area contributed by atoms with Crippen LogP contribution in [-0.2, 0) is 5.41 Å². The summed E-state index contributed by atoms with van der Waals surface area (Å²) in [4.78, 5) is 0.